The van der Waals surface area contributed by atoms with Gasteiger partial charge in [-0.25, -0.2) is 4.79 Å². The van der Waals surface area contributed by atoms with Gasteiger partial charge in [-0.15, -0.1) is 0 Å². The molecule has 1 aliphatic heterocycles. The van der Waals surface area contributed by atoms with E-state index in [1.54, 1.807) is 6.92 Å². The topological polar surface area (TPSA) is 102 Å². The van der Waals surface area contributed by atoms with Crippen LogP contribution in [0.15, 0.2) is 0 Å². The number of rotatable bonds is 8. The van der Waals surface area contributed by atoms with Crippen molar-refractivity contribution in [1.29, 1.82) is 0 Å². The lowest BCUT2D eigenvalue weighted by atomic mass is 10.2. The quantitative estimate of drug-likeness (QED) is 0.609. The van der Waals surface area contributed by atoms with E-state index in [0.717, 1.165) is 0 Å². The third-order valence-corrected chi connectivity index (χ3v) is 6.65. The fraction of sp³-hybridized carbons (Fsp3) is 0.875. The first-order chi connectivity index (χ1) is 12.1. The van der Waals surface area contributed by atoms with Crippen molar-refractivity contribution in [3.05, 3.63) is 0 Å². The fourth-order valence-electron chi connectivity index (χ4n) is 2.76. The number of piperazine rings is 1. The van der Waals surface area contributed by atoms with Crippen LogP contribution < -0.4 is 10.6 Å². The maximum absolute atomic E-state index is 12.5. The average Bonchev–Trinajstić information content (AvgIpc) is 2.60. The van der Waals surface area contributed by atoms with Gasteiger partial charge in [-0.2, -0.15) is 17.0 Å². The molecule has 1 rings (SSSR count). The van der Waals surface area contributed by atoms with Crippen LogP contribution >= 0.6 is 0 Å². The zero-order chi connectivity index (χ0) is 19.9. The monoisotopic (exact) mass is 391 g/mol. The molecule has 3 amide bonds. The molecule has 1 heterocycles. The van der Waals surface area contributed by atoms with Gasteiger partial charge in [0.05, 0.1) is 6.04 Å². The Morgan fingerprint density at radius 3 is 2.04 bits per heavy atom. The van der Waals surface area contributed by atoms with E-state index >= 15 is 0 Å². The molecule has 1 atom stereocenters. The molecule has 10 heteroatoms. The van der Waals surface area contributed by atoms with Crippen LogP contribution in [0.2, 0.25) is 0 Å². The van der Waals surface area contributed by atoms with Gasteiger partial charge in [-0.3, -0.25) is 15.0 Å². The molecule has 1 saturated heterocycles. The summed E-state index contributed by atoms with van der Waals surface area (Å²) in [6, 6.07) is -1.00. The molecular formula is C16H33N5O4S. The molecule has 1 aliphatic rings. The second kappa shape index (κ2) is 10.2. The van der Waals surface area contributed by atoms with Crippen LogP contribution in [0.4, 0.5) is 4.79 Å². The maximum Gasteiger partial charge on any atom is 0.321 e. The molecule has 0 aliphatic carbocycles. The number of carbonyl (C=O) groups is 2. The second-order valence-corrected chi connectivity index (χ2v) is 8.72. The first-order valence-corrected chi connectivity index (χ1v) is 10.6. The van der Waals surface area contributed by atoms with E-state index < -0.39 is 22.3 Å². The molecule has 9 nitrogen and oxygen atoms in total. The minimum absolute atomic E-state index is 0.300. The Labute approximate surface area is 157 Å². The zero-order valence-corrected chi connectivity index (χ0v) is 17.3. The molecule has 0 saturated carbocycles. The largest absolute Gasteiger partial charge is 0.338 e. The molecule has 0 radical (unpaired) electrons. The van der Waals surface area contributed by atoms with Crippen molar-refractivity contribution in [1.82, 2.24) is 24.1 Å². The first-order valence-electron chi connectivity index (χ1n) is 9.21. The average molecular weight is 392 g/mol. The number of hydrogen-bond donors (Lipinski definition) is 2. The van der Waals surface area contributed by atoms with E-state index in [4.69, 9.17) is 0 Å². The summed E-state index contributed by atoms with van der Waals surface area (Å²) >= 11 is 0. The molecule has 26 heavy (non-hydrogen) atoms. The lowest BCUT2D eigenvalue weighted by Gasteiger charge is -2.38. The predicted octanol–water partition coefficient (Wildman–Crippen LogP) is 0.0609. The van der Waals surface area contributed by atoms with Crippen molar-refractivity contribution in [2.75, 3.05) is 45.8 Å². The SMILES string of the molecule is CCN(CC)S(=O)(=O)N1CCN(C(C)C(=O)NC(=O)NCC(C)C)CC1. The molecule has 1 fully saturated rings. The smallest absolute Gasteiger partial charge is 0.321 e. The predicted molar refractivity (Wildman–Crippen MR) is 101 cm³/mol. The third-order valence-electron chi connectivity index (χ3n) is 4.47. The zero-order valence-electron chi connectivity index (χ0n) is 16.5. The summed E-state index contributed by atoms with van der Waals surface area (Å²) in [5.74, 6) is -0.0829. The summed E-state index contributed by atoms with van der Waals surface area (Å²) in [4.78, 5) is 25.8. The van der Waals surface area contributed by atoms with Crippen LogP contribution in [-0.2, 0) is 15.0 Å². The number of urea groups is 1. The van der Waals surface area contributed by atoms with Gasteiger partial charge in [0.25, 0.3) is 10.2 Å². The first kappa shape index (κ1) is 22.8. The van der Waals surface area contributed by atoms with Gasteiger partial charge >= 0.3 is 6.03 Å². The van der Waals surface area contributed by atoms with Crippen LogP contribution in [0, 0.1) is 5.92 Å². The number of nitrogens with one attached hydrogen (secondary N) is 2. The van der Waals surface area contributed by atoms with Crippen molar-refractivity contribution >= 4 is 22.1 Å². The molecule has 0 bridgehead atoms. The summed E-state index contributed by atoms with van der Waals surface area (Å²) < 4.78 is 27.9. The van der Waals surface area contributed by atoms with Gasteiger partial charge in [0, 0.05) is 45.8 Å². The Balaban J connectivity index is 2.54. The molecule has 0 aromatic rings. The lowest BCUT2D eigenvalue weighted by molar-refractivity contribution is -0.125. The molecule has 2 N–H and O–H groups in total. The van der Waals surface area contributed by atoms with Gasteiger partial charge in [0.2, 0.25) is 5.91 Å². The maximum atomic E-state index is 12.5. The highest BCUT2D eigenvalue weighted by Gasteiger charge is 2.33. The fourth-order valence-corrected chi connectivity index (χ4v) is 4.36. The van der Waals surface area contributed by atoms with Crippen LogP contribution in [-0.4, -0.2) is 85.7 Å². The summed E-state index contributed by atoms with van der Waals surface area (Å²) in [5, 5.41) is 4.98. The van der Waals surface area contributed by atoms with E-state index in [0.29, 0.717) is 51.7 Å². The molecule has 0 aromatic carbocycles. The van der Waals surface area contributed by atoms with E-state index in [1.807, 2.05) is 32.6 Å². The molecule has 0 aromatic heterocycles. The number of hydrogen-bond acceptors (Lipinski definition) is 5. The van der Waals surface area contributed by atoms with Gasteiger partial charge < -0.3 is 5.32 Å². The van der Waals surface area contributed by atoms with E-state index in [1.165, 1.54) is 8.61 Å². The van der Waals surface area contributed by atoms with E-state index in [9.17, 15) is 18.0 Å². The lowest BCUT2D eigenvalue weighted by Crippen LogP contribution is -2.57. The highest BCUT2D eigenvalue weighted by molar-refractivity contribution is 7.86. The van der Waals surface area contributed by atoms with Gasteiger partial charge in [-0.05, 0) is 12.8 Å². The molecule has 1 unspecified atom stereocenters. The van der Waals surface area contributed by atoms with Crippen LogP contribution in [0.5, 0.6) is 0 Å². The Hall–Kier alpha value is -1.23. The Kier molecular flexibility index (Phi) is 8.94. The van der Waals surface area contributed by atoms with Gasteiger partial charge in [0.1, 0.15) is 0 Å². The number of nitrogens with zero attached hydrogens (tertiary/aromatic N) is 3. The van der Waals surface area contributed by atoms with Crippen molar-refractivity contribution in [3.8, 4) is 0 Å². The number of amides is 3. The Morgan fingerprint density at radius 2 is 1.58 bits per heavy atom. The highest BCUT2D eigenvalue weighted by Crippen LogP contribution is 2.13. The highest BCUT2D eigenvalue weighted by atomic mass is 32.2. The van der Waals surface area contributed by atoms with E-state index in [-0.39, 0.29) is 5.91 Å². The Bertz CT molecular complexity index is 569. The van der Waals surface area contributed by atoms with E-state index in [2.05, 4.69) is 10.6 Å². The van der Waals surface area contributed by atoms with Crippen molar-refractivity contribution in [2.24, 2.45) is 5.92 Å². The minimum atomic E-state index is -3.45. The third kappa shape index (κ3) is 6.19. The summed E-state index contributed by atoms with van der Waals surface area (Å²) in [7, 11) is -3.45. The number of imide groups is 1. The van der Waals surface area contributed by atoms with Gasteiger partial charge in [0.15, 0.2) is 0 Å². The van der Waals surface area contributed by atoms with Crippen molar-refractivity contribution < 1.29 is 18.0 Å². The number of carbonyl (C=O) groups excluding carboxylic acids is 2. The summed E-state index contributed by atoms with van der Waals surface area (Å²) in [6.45, 7) is 12.2. The summed E-state index contributed by atoms with van der Waals surface area (Å²) in [5.41, 5.74) is 0. The van der Waals surface area contributed by atoms with Gasteiger partial charge in [-0.1, -0.05) is 27.7 Å². The normalized spacial score (nSPS) is 18.1. The summed E-state index contributed by atoms with van der Waals surface area (Å²) in [6.07, 6.45) is 0. The standard InChI is InChI=1S/C16H33N5O4S/c1-6-20(7-2)26(24,25)21-10-8-19(9-11-21)14(5)15(22)18-16(23)17-12-13(3)4/h13-14H,6-12H2,1-5H3,(H2,17,18,22,23). The second-order valence-electron chi connectivity index (χ2n) is 6.80. The minimum Gasteiger partial charge on any atom is -0.338 e. The molecule has 152 valence electrons. The van der Waals surface area contributed by atoms with Crippen molar-refractivity contribution in [2.45, 2.75) is 40.7 Å². The van der Waals surface area contributed by atoms with Crippen molar-refractivity contribution in [3.63, 3.8) is 0 Å². The molecule has 0 spiro atoms. The Morgan fingerprint density at radius 1 is 1.04 bits per heavy atom. The molecular weight excluding hydrogens is 358 g/mol. The van der Waals surface area contributed by atoms with Crippen LogP contribution in [0.1, 0.15) is 34.6 Å². The van der Waals surface area contributed by atoms with Crippen LogP contribution in [0.3, 0.4) is 0 Å². The van der Waals surface area contributed by atoms with Crippen LogP contribution in [0.25, 0.3) is 0 Å².